The number of pyridine rings is 1. The van der Waals surface area contributed by atoms with Crippen LogP contribution in [-0.4, -0.2) is 9.38 Å². The van der Waals surface area contributed by atoms with Crippen molar-refractivity contribution < 1.29 is 0 Å². The maximum atomic E-state index is 10.8. The van der Waals surface area contributed by atoms with Crippen molar-refractivity contribution in [3.8, 4) is 6.07 Å². The lowest BCUT2D eigenvalue weighted by Gasteiger charge is -2.43. The van der Waals surface area contributed by atoms with Crippen LogP contribution in [0, 0.1) is 23.2 Å². The first-order valence-electron chi connectivity index (χ1n) is 16.5. The van der Waals surface area contributed by atoms with Crippen molar-refractivity contribution in [3.63, 3.8) is 0 Å². The lowest BCUT2D eigenvalue weighted by Crippen LogP contribution is -2.28. The molecular weight excluding hydrogens is 534 g/mol. The van der Waals surface area contributed by atoms with Gasteiger partial charge in [0.15, 0.2) is 0 Å². The third-order valence-corrected chi connectivity index (χ3v) is 12.7. The summed E-state index contributed by atoms with van der Waals surface area (Å²) >= 11 is 0. The number of aromatic nitrogens is 2. The van der Waals surface area contributed by atoms with Gasteiger partial charge in [0.2, 0.25) is 0 Å². The molecule has 3 heteroatoms. The van der Waals surface area contributed by atoms with Crippen molar-refractivity contribution in [1.29, 1.82) is 5.26 Å². The monoisotopic (exact) mass is 563 g/mol. The molecule has 2 unspecified atom stereocenters. The van der Waals surface area contributed by atoms with E-state index in [2.05, 4.69) is 89.5 Å². The van der Waals surface area contributed by atoms with Crippen LogP contribution in [0.3, 0.4) is 0 Å². The molecule has 0 radical (unpaired) electrons. The third-order valence-electron chi connectivity index (χ3n) is 12.7. The van der Waals surface area contributed by atoms with Gasteiger partial charge in [-0.15, -0.1) is 0 Å². The SMILES string of the molecule is N#Cc1cc2c(c3c1C1c4ccccc4C3c3ccccc31)c1cccc3c4c5c(ncc4n2c31)C1CC2CC(C1)CC5C2. The minimum atomic E-state index is 0.0847. The predicted molar refractivity (Wildman–Crippen MR) is 174 cm³/mol. The molecule has 0 spiro atoms. The fourth-order valence-corrected chi connectivity index (χ4v) is 11.5. The molecule has 4 aromatic carbocycles. The van der Waals surface area contributed by atoms with Crippen LogP contribution in [0.25, 0.3) is 38.1 Å². The minimum absolute atomic E-state index is 0.0847. The summed E-state index contributed by atoms with van der Waals surface area (Å²) in [4.78, 5) is 5.35. The normalized spacial score (nSPS) is 27.1. The van der Waals surface area contributed by atoms with E-state index in [1.54, 1.807) is 5.56 Å². The van der Waals surface area contributed by atoms with E-state index in [4.69, 9.17) is 4.98 Å². The van der Waals surface area contributed by atoms with Gasteiger partial charge >= 0.3 is 0 Å². The van der Waals surface area contributed by atoms with Crippen molar-refractivity contribution in [3.05, 3.63) is 129 Å². The molecule has 0 N–H and O–H groups in total. The topological polar surface area (TPSA) is 41.1 Å². The molecule has 0 aliphatic heterocycles. The summed E-state index contributed by atoms with van der Waals surface area (Å²) in [6.45, 7) is 0. The first-order chi connectivity index (χ1) is 21.8. The highest BCUT2D eigenvalue weighted by Crippen LogP contribution is 2.61. The summed E-state index contributed by atoms with van der Waals surface area (Å²) in [5.74, 6) is 3.18. The molecule has 7 aliphatic carbocycles. The number of rotatable bonds is 0. The van der Waals surface area contributed by atoms with Crippen LogP contribution >= 0.6 is 0 Å². The van der Waals surface area contributed by atoms with E-state index in [0.717, 1.165) is 17.4 Å². The first-order valence-corrected chi connectivity index (χ1v) is 16.5. The fraction of sp³-hybridized carbons (Fsp3) is 0.268. The fourth-order valence-electron chi connectivity index (χ4n) is 11.5. The van der Waals surface area contributed by atoms with Gasteiger partial charge in [0.1, 0.15) is 0 Å². The number of benzene rings is 4. The highest BCUT2D eigenvalue weighted by Gasteiger charge is 2.46. The van der Waals surface area contributed by atoms with E-state index >= 15 is 0 Å². The zero-order chi connectivity index (χ0) is 28.4. The quantitative estimate of drug-likeness (QED) is 0.184. The first kappa shape index (κ1) is 22.8. The Balaban J connectivity index is 1.25. The molecule has 7 aromatic rings. The zero-order valence-corrected chi connectivity index (χ0v) is 24.3. The summed E-state index contributed by atoms with van der Waals surface area (Å²) in [6, 6.07) is 29.8. The average Bonchev–Trinajstić information content (AvgIpc) is 3.52. The van der Waals surface area contributed by atoms with E-state index in [9.17, 15) is 5.26 Å². The molecule has 7 aliphatic rings. The molecule has 3 aromatic heterocycles. The second-order valence-electron chi connectivity index (χ2n) is 14.5. The standard InChI is InChI=1S/C41H29N3/c42-18-24-17-31-37(39-33(24)35-25-6-1-3-8-27(25)36(39)28-9-4-2-7-26(28)35)29-10-5-11-30-38-32(44(31)41(29)30)19-43-40-23-15-20-12-21(16-23)14-22(13-20)34(38)40/h1-11,17,19-23,35-36H,12-16H2. The Hall–Kier alpha value is -4.68. The van der Waals surface area contributed by atoms with Crippen LogP contribution in [0.1, 0.15) is 106 Å². The van der Waals surface area contributed by atoms with Crippen LogP contribution in [0.5, 0.6) is 0 Å². The zero-order valence-electron chi connectivity index (χ0n) is 24.3. The second-order valence-corrected chi connectivity index (χ2v) is 14.5. The summed E-state index contributed by atoms with van der Waals surface area (Å²) in [7, 11) is 0. The number of para-hydroxylation sites is 1. The maximum Gasteiger partial charge on any atom is 0.0995 e. The van der Waals surface area contributed by atoms with Crippen LogP contribution in [0.2, 0.25) is 0 Å². The third kappa shape index (κ3) is 2.43. The molecule has 44 heavy (non-hydrogen) atoms. The van der Waals surface area contributed by atoms with Crippen molar-refractivity contribution in [2.75, 3.05) is 0 Å². The lowest BCUT2D eigenvalue weighted by molar-refractivity contribution is 0.165. The second kappa shape index (κ2) is 7.51. The van der Waals surface area contributed by atoms with Gasteiger partial charge in [-0.05, 0) is 94.9 Å². The number of nitrogens with zero attached hydrogens (tertiary/aromatic N) is 3. The van der Waals surface area contributed by atoms with Gasteiger partial charge in [0.05, 0.1) is 34.4 Å². The van der Waals surface area contributed by atoms with Gasteiger partial charge in [-0.3, -0.25) is 4.98 Å². The molecule has 6 bridgehead atoms. The summed E-state index contributed by atoms with van der Waals surface area (Å²) in [5, 5.41) is 16.3. The smallest absolute Gasteiger partial charge is 0.0995 e. The van der Waals surface area contributed by atoms with Crippen molar-refractivity contribution in [2.45, 2.75) is 55.8 Å². The highest BCUT2D eigenvalue weighted by molar-refractivity contribution is 6.25. The summed E-state index contributed by atoms with van der Waals surface area (Å²) in [5.41, 5.74) is 15.6. The number of nitriles is 1. The van der Waals surface area contributed by atoms with Crippen LogP contribution in [-0.2, 0) is 0 Å². The van der Waals surface area contributed by atoms with Crippen molar-refractivity contribution >= 4 is 38.1 Å². The molecule has 2 saturated carbocycles. The average molecular weight is 564 g/mol. The molecule has 208 valence electrons. The van der Waals surface area contributed by atoms with E-state index in [1.165, 1.54) is 109 Å². The summed E-state index contributed by atoms with van der Waals surface area (Å²) < 4.78 is 2.50. The Bertz CT molecular complexity index is 2430. The molecule has 0 amide bonds. The minimum Gasteiger partial charge on any atom is -0.306 e. The molecule has 3 nitrogen and oxygen atoms in total. The number of hydrogen-bond donors (Lipinski definition) is 0. The highest BCUT2D eigenvalue weighted by atomic mass is 14.9. The van der Waals surface area contributed by atoms with E-state index in [-0.39, 0.29) is 11.8 Å². The van der Waals surface area contributed by atoms with Crippen molar-refractivity contribution in [1.82, 2.24) is 9.38 Å². The molecule has 2 fully saturated rings. The van der Waals surface area contributed by atoms with Gasteiger partial charge < -0.3 is 4.40 Å². The van der Waals surface area contributed by atoms with Gasteiger partial charge in [-0.1, -0.05) is 66.7 Å². The molecule has 3 heterocycles. The Morgan fingerprint density at radius 1 is 0.636 bits per heavy atom. The lowest BCUT2D eigenvalue weighted by atomic mass is 9.59. The van der Waals surface area contributed by atoms with E-state index in [0.29, 0.717) is 11.8 Å². The predicted octanol–water partition coefficient (Wildman–Crippen LogP) is 9.48. The Labute approximate surface area is 255 Å². The van der Waals surface area contributed by atoms with Crippen molar-refractivity contribution in [2.24, 2.45) is 11.8 Å². The summed E-state index contributed by atoms with van der Waals surface area (Å²) in [6.07, 6.45) is 8.94. The van der Waals surface area contributed by atoms with Gasteiger partial charge in [0, 0.05) is 45.0 Å². The number of hydrogen-bond acceptors (Lipinski definition) is 2. The van der Waals surface area contributed by atoms with E-state index < -0.39 is 0 Å². The van der Waals surface area contributed by atoms with Crippen LogP contribution in [0.15, 0.2) is 79.0 Å². The van der Waals surface area contributed by atoms with Gasteiger partial charge in [0.25, 0.3) is 0 Å². The van der Waals surface area contributed by atoms with E-state index in [1.807, 2.05) is 0 Å². The maximum absolute atomic E-state index is 10.8. The molecule has 2 atom stereocenters. The number of fused-ring (bicyclic) bond motifs is 6. The Kier molecular flexibility index (Phi) is 3.89. The van der Waals surface area contributed by atoms with Crippen LogP contribution in [0.4, 0.5) is 0 Å². The van der Waals surface area contributed by atoms with Crippen LogP contribution < -0.4 is 0 Å². The molecule has 0 saturated heterocycles. The molecular formula is C41H29N3. The van der Waals surface area contributed by atoms with Gasteiger partial charge in [-0.2, -0.15) is 5.26 Å². The Morgan fingerprint density at radius 2 is 1.23 bits per heavy atom. The van der Waals surface area contributed by atoms with Gasteiger partial charge in [-0.25, -0.2) is 0 Å². The Morgan fingerprint density at radius 3 is 1.86 bits per heavy atom. The largest absolute Gasteiger partial charge is 0.306 e. The molecule has 14 rings (SSSR count).